The highest BCUT2D eigenvalue weighted by Crippen LogP contribution is 2.49. The summed E-state index contributed by atoms with van der Waals surface area (Å²) in [6, 6.07) is 0. The van der Waals surface area contributed by atoms with Crippen LogP contribution in [0.4, 0.5) is 4.79 Å². The van der Waals surface area contributed by atoms with Crippen molar-refractivity contribution in [3.05, 3.63) is 24.3 Å². The summed E-state index contributed by atoms with van der Waals surface area (Å²) in [6.07, 6.45) is 7.25. The van der Waals surface area contributed by atoms with E-state index in [0.29, 0.717) is 25.7 Å². The Bertz CT molecular complexity index is 950. The number of carboxylic acids is 2. The van der Waals surface area contributed by atoms with Crippen molar-refractivity contribution >= 4 is 24.1 Å². The van der Waals surface area contributed by atoms with Gasteiger partial charge in [-0.2, -0.15) is 4.89 Å². The van der Waals surface area contributed by atoms with Crippen molar-refractivity contribution in [1.82, 2.24) is 0 Å². The summed E-state index contributed by atoms with van der Waals surface area (Å²) >= 11 is 0. The maximum atomic E-state index is 12.9. The minimum absolute atomic E-state index is 0.138. The third-order valence-electron chi connectivity index (χ3n) is 8.48. The van der Waals surface area contributed by atoms with Crippen molar-refractivity contribution in [2.45, 2.75) is 70.7 Å². The first kappa shape index (κ1) is 26.2. The summed E-state index contributed by atoms with van der Waals surface area (Å²) in [6.45, 7) is 5.34. The van der Waals surface area contributed by atoms with Crippen LogP contribution in [0.5, 0.6) is 0 Å². The molecule has 2 saturated carbocycles. The highest BCUT2D eigenvalue weighted by Gasteiger charge is 2.53. The van der Waals surface area contributed by atoms with Crippen molar-refractivity contribution in [3.63, 3.8) is 0 Å². The van der Waals surface area contributed by atoms with E-state index in [1.54, 1.807) is 6.92 Å². The van der Waals surface area contributed by atoms with Crippen molar-refractivity contribution in [3.8, 4) is 0 Å². The smallest absolute Gasteiger partial charge is 0.481 e. The molecular formula is C26H34O10. The predicted molar refractivity (Wildman–Crippen MR) is 123 cm³/mol. The standard InChI is InChI=1S/C26H34O10/c1-4-26(5-2,34-25(32)36-35-21-17-9-8-16(11-17)20(21)23(29)30)12-13(3)33-24(31)19-15-7-6-14(10-15)18(19)22(27)28/h6-9,13-21H,4-5,10-12H2,1-3H3,(H,27,28)(H,29,30). The molecule has 4 bridgehead atoms. The van der Waals surface area contributed by atoms with E-state index in [0.717, 1.165) is 0 Å². The van der Waals surface area contributed by atoms with Gasteiger partial charge in [0.05, 0.1) is 17.8 Å². The summed E-state index contributed by atoms with van der Waals surface area (Å²) in [5.41, 5.74) is -1.01. The molecule has 0 saturated heterocycles. The van der Waals surface area contributed by atoms with E-state index < -0.39 is 59.6 Å². The highest BCUT2D eigenvalue weighted by molar-refractivity contribution is 5.83. The van der Waals surface area contributed by atoms with Gasteiger partial charge < -0.3 is 19.7 Å². The minimum atomic E-state index is -1.09. The van der Waals surface area contributed by atoms with Gasteiger partial charge in [-0.25, -0.2) is 4.79 Å². The van der Waals surface area contributed by atoms with Crippen LogP contribution in [0.2, 0.25) is 0 Å². The van der Waals surface area contributed by atoms with Gasteiger partial charge in [-0.15, -0.1) is 0 Å². The molecule has 9 unspecified atom stereocenters. The summed E-state index contributed by atoms with van der Waals surface area (Å²) in [4.78, 5) is 58.9. The van der Waals surface area contributed by atoms with Crippen molar-refractivity contribution in [2.75, 3.05) is 0 Å². The molecule has 10 nitrogen and oxygen atoms in total. The Morgan fingerprint density at radius 3 is 1.97 bits per heavy atom. The van der Waals surface area contributed by atoms with Crippen molar-refractivity contribution in [2.24, 2.45) is 41.4 Å². The lowest BCUT2D eigenvalue weighted by Gasteiger charge is -2.34. The van der Waals surface area contributed by atoms with Gasteiger partial charge in [0, 0.05) is 12.3 Å². The zero-order chi connectivity index (χ0) is 26.2. The molecule has 0 spiro atoms. The van der Waals surface area contributed by atoms with Gasteiger partial charge in [-0.1, -0.05) is 38.2 Å². The molecule has 2 fully saturated rings. The Morgan fingerprint density at radius 2 is 1.39 bits per heavy atom. The third kappa shape index (κ3) is 4.87. The second-order valence-electron chi connectivity index (χ2n) is 10.5. The van der Waals surface area contributed by atoms with Crippen LogP contribution in [0.1, 0.15) is 52.9 Å². The minimum Gasteiger partial charge on any atom is -0.481 e. The molecule has 0 aromatic rings. The van der Waals surface area contributed by atoms with Gasteiger partial charge in [-0.3, -0.25) is 19.3 Å². The Morgan fingerprint density at radius 1 is 0.861 bits per heavy atom. The highest BCUT2D eigenvalue weighted by atomic mass is 17.2. The monoisotopic (exact) mass is 506 g/mol. The normalized spacial score (nSPS) is 34.5. The quantitative estimate of drug-likeness (QED) is 0.184. The molecule has 4 rings (SSSR count). The number of carbonyl (C=O) groups excluding carboxylic acids is 2. The zero-order valence-electron chi connectivity index (χ0n) is 20.7. The van der Waals surface area contributed by atoms with Crippen LogP contribution in [0, 0.1) is 41.4 Å². The number of hydrogen-bond donors (Lipinski definition) is 2. The van der Waals surface area contributed by atoms with Gasteiger partial charge in [-0.05, 0) is 50.4 Å². The van der Waals surface area contributed by atoms with Crippen LogP contribution >= 0.6 is 0 Å². The van der Waals surface area contributed by atoms with Gasteiger partial charge in [0.15, 0.2) is 0 Å². The second-order valence-corrected chi connectivity index (χ2v) is 10.5. The molecule has 0 radical (unpaired) electrons. The zero-order valence-corrected chi connectivity index (χ0v) is 20.7. The first-order valence-electron chi connectivity index (χ1n) is 12.7. The Labute approximate surface area is 209 Å². The Balaban J connectivity index is 1.32. The molecule has 9 atom stereocenters. The van der Waals surface area contributed by atoms with Crippen molar-refractivity contribution in [1.29, 1.82) is 0 Å². The third-order valence-corrected chi connectivity index (χ3v) is 8.48. The van der Waals surface area contributed by atoms with Gasteiger partial charge in [0.1, 0.15) is 17.8 Å². The van der Waals surface area contributed by atoms with Crippen LogP contribution < -0.4 is 0 Å². The van der Waals surface area contributed by atoms with Crippen LogP contribution in [0.25, 0.3) is 0 Å². The number of allylic oxidation sites excluding steroid dienone is 3. The number of carbonyl (C=O) groups is 4. The van der Waals surface area contributed by atoms with Gasteiger partial charge in [0.25, 0.3) is 0 Å². The Kier molecular flexibility index (Phi) is 7.45. The summed E-state index contributed by atoms with van der Waals surface area (Å²) in [5.74, 6) is -5.45. The molecule has 0 aliphatic heterocycles. The van der Waals surface area contributed by atoms with E-state index in [1.807, 2.05) is 38.2 Å². The number of ether oxygens (including phenoxy) is 2. The molecule has 0 aromatic carbocycles. The maximum Gasteiger partial charge on any atom is 0.541 e. The molecule has 0 heterocycles. The van der Waals surface area contributed by atoms with Crippen LogP contribution in [-0.2, 0) is 33.6 Å². The molecule has 4 aliphatic rings. The van der Waals surface area contributed by atoms with E-state index in [2.05, 4.69) is 0 Å². The number of fused-ring (bicyclic) bond motifs is 4. The molecule has 36 heavy (non-hydrogen) atoms. The SMILES string of the molecule is CCC(CC)(CC(C)OC(=O)C1C2C=CC(C2)C1C(=O)O)OC(=O)OOC1C2C=CC(C2)C1C(=O)O. The summed E-state index contributed by atoms with van der Waals surface area (Å²) in [5, 5.41) is 19.1. The van der Waals surface area contributed by atoms with E-state index >= 15 is 0 Å². The summed E-state index contributed by atoms with van der Waals surface area (Å²) in [7, 11) is 0. The second kappa shape index (κ2) is 10.2. The first-order chi connectivity index (χ1) is 17.1. The molecule has 198 valence electrons. The molecule has 4 aliphatic carbocycles. The lowest BCUT2D eigenvalue weighted by molar-refractivity contribution is -0.305. The molecule has 0 amide bonds. The number of carboxylic acid groups (broad SMARTS) is 2. The number of esters is 1. The fraction of sp³-hybridized carbons (Fsp3) is 0.692. The van der Waals surface area contributed by atoms with Gasteiger partial charge in [0.2, 0.25) is 0 Å². The molecule has 2 N–H and O–H groups in total. The Hall–Kier alpha value is -2.88. The lowest BCUT2D eigenvalue weighted by Crippen LogP contribution is -2.41. The van der Waals surface area contributed by atoms with E-state index in [1.165, 1.54) is 0 Å². The topological polar surface area (TPSA) is 146 Å². The van der Waals surface area contributed by atoms with Crippen LogP contribution in [-0.4, -0.2) is 52.1 Å². The average molecular weight is 507 g/mol. The number of aliphatic carboxylic acids is 2. The largest absolute Gasteiger partial charge is 0.541 e. The fourth-order valence-corrected chi connectivity index (χ4v) is 6.57. The summed E-state index contributed by atoms with van der Waals surface area (Å²) < 4.78 is 11.3. The van der Waals surface area contributed by atoms with Gasteiger partial charge >= 0.3 is 24.1 Å². The predicted octanol–water partition coefficient (Wildman–Crippen LogP) is 3.75. The number of hydrogen-bond acceptors (Lipinski definition) is 8. The fourth-order valence-electron chi connectivity index (χ4n) is 6.57. The first-order valence-corrected chi connectivity index (χ1v) is 12.7. The maximum absolute atomic E-state index is 12.9. The van der Waals surface area contributed by atoms with Crippen LogP contribution in [0.3, 0.4) is 0 Å². The number of rotatable bonds is 11. The molecule has 10 heteroatoms. The molecule has 0 aromatic heterocycles. The van der Waals surface area contributed by atoms with E-state index in [4.69, 9.17) is 19.2 Å². The molecular weight excluding hydrogens is 472 g/mol. The van der Waals surface area contributed by atoms with Crippen molar-refractivity contribution < 1.29 is 48.6 Å². The lowest BCUT2D eigenvalue weighted by atomic mass is 9.83. The van der Waals surface area contributed by atoms with E-state index in [-0.39, 0.29) is 30.1 Å². The van der Waals surface area contributed by atoms with E-state index in [9.17, 15) is 29.4 Å². The van der Waals surface area contributed by atoms with Crippen LogP contribution in [0.15, 0.2) is 24.3 Å². The average Bonchev–Trinajstić information content (AvgIpc) is 3.62.